The van der Waals surface area contributed by atoms with E-state index in [1.807, 2.05) is 0 Å². The molecule has 6 nitrogen and oxygen atoms in total. The van der Waals surface area contributed by atoms with E-state index in [1.54, 1.807) is 0 Å². The number of unbranched alkanes of at least 4 members (excludes halogenated alkanes) is 41. The van der Waals surface area contributed by atoms with Crippen molar-refractivity contribution in [2.45, 2.75) is 353 Å². The van der Waals surface area contributed by atoms with Gasteiger partial charge in [0.15, 0.2) is 0 Å². The number of carbonyl (C=O) groups is 1. The van der Waals surface area contributed by atoms with Gasteiger partial charge in [0.1, 0.15) is 12.2 Å². The van der Waals surface area contributed by atoms with Crippen molar-refractivity contribution in [1.29, 1.82) is 0 Å². The number of nitrogens with one attached hydrogen (secondary N) is 1. The molecule has 5 N–H and O–H groups in total. The number of aliphatic hydroxyl groups is 4. The Hall–Kier alpha value is -1.73. The first-order valence-corrected chi connectivity index (χ1v) is 31.5. The first-order chi connectivity index (χ1) is 35.0. The highest BCUT2D eigenvalue weighted by Crippen LogP contribution is 2.18. The van der Waals surface area contributed by atoms with E-state index in [9.17, 15) is 25.2 Å². The summed E-state index contributed by atoms with van der Waals surface area (Å²) in [6.45, 7) is 4.07. The molecular formula is C65H123NO5. The summed E-state index contributed by atoms with van der Waals surface area (Å²) in [6.07, 6.45) is 76.4. The van der Waals surface area contributed by atoms with Crippen LogP contribution in [0, 0.1) is 0 Å². The highest BCUT2D eigenvalue weighted by atomic mass is 16.3. The molecule has 0 saturated carbocycles. The minimum absolute atomic E-state index is 0.352. The zero-order valence-corrected chi connectivity index (χ0v) is 47.5. The lowest BCUT2D eigenvalue weighted by Crippen LogP contribution is -2.53. The summed E-state index contributed by atoms with van der Waals surface area (Å²) in [5, 5.41) is 44.1. The van der Waals surface area contributed by atoms with Crippen LogP contribution in [0.2, 0.25) is 0 Å². The van der Waals surface area contributed by atoms with Crippen molar-refractivity contribution >= 4 is 5.91 Å². The lowest BCUT2D eigenvalue weighted by molar-refractivity contribution is -0.132. The number of hydrogen-bond acceptors (Lipinski definition) is 5. The zero-order valence-electron chi connectivity index (χ0n) is 47.5. The molecule has 0 fully saturated rings. The molecule has 0 aromatic carbocycles. The van der Waals surface area contributed by atoms with Crippen molar-refractivity contribution in [3.8, 4) is 0 Å². The smallest absolute Gasteiger partial charge is 0.249 e. The summed E-state index contributed by atoms with van der Waals surface area (Å²) < 4.78 is 0. The maximum absolute atomic E-state index is 12.6. The molecule has 0 radical (unpaired) electrons. The molecule has 0 aromatic heterocycles. The second-order valence-corrected chi connectivity index (χ2v) is 21.7. The third kappa shape index (κ3) is 52.9. The highest BCUT2D eigenvalue weighted by molar-refractivity contribution is 5.80. The van der Waals surface area contributed by atoms with Gasteiger partial charge in [0.05, 0.1) is 18.8 Å². The van der Waals surface area contributed by atoms with E-state index in [1.165, 1.54) is 244 Å². The number of carbonyl (C=O) groups excluding carboxylic acids is 1. The van der Waals surface area contributed by atoms with Gasteiger partial charge in [-0.05, 0) is 83.5 Å². The minimum Gasteiger partial charge on any atom is -0.394 e. The largest absolute Gasteiger partial charge is 0.394 e. The Morgan fingerprint density at radius 1 is 0.352 bits per heavy atom. The molecule has 0 spiro atoms. The third-order valence-electron chi connectivity index (χ3n) is 14.7. The lowest BCUT2D eigenvalue weighted by atomic mass is 10.00. The molecule has 6 heteroatoms. The van der Waals surface area contributed by atoms with Gasteiger partial charge in [0.2, 0.25) is 5.91 Å². The van der Waals surface area contributed by atoms with Gasteiger partial charge in [-0.25, -0.2) is 0 Å². The van der Waals surface area contributed by atoms with E-state index in [2.05, 4.69) is 67.8 Å². The fourth-order valence-electron chi connectivity index (χ4n) is 9.81. The molecule has 0 rings (SSSR count). The predicted molar refractivity (Wildman–Crippen MR) is 311 cm³/mol. The van der Waals surface area contributed by atoms with Gasteiger partial charge in [-0.1, -0.05) is 294 Å². The zero-order chi connectivity index (χ0) is 51.6. The Labute approximate surface area is 442 Å². The van der Waals surface area contributed by atoms with E-state index >= 15 is 0 Å². The molecular weight excluding hydrogens is 875 g/mol. The van der Waals surface area contributed by atoms with Crippen molar-refractivity contribution < 1.29 is 25.2 Å². The number of hydrogen-bond donors (Lipinski definition) is 5. The molecule has 418 valence electrons. The van der Waals surface area contributed by atoms with Crippen LogP contribution in [0.15, 0.2) is 48.6 Å². The quantitative estimate of drug-likeness (QED) is 0.0308. The normalized spacial score (nSPS) is 13.9. The topological polar surface area (TPSA) is 110 Å². The molecule has 0 heterocycles. The van der Waals surface area contributed by atoms with Crippen molar-refractivity contribution in [3.63, 3.8) is 0 Å². The van der Waals surface area contributed by atoms with Gasteiger partial charge >= 0.3 is 0 Å². The van der Waals surface area contributed by atoms with Crippen molar-refractivity contribution in [3.05, 3.63) is 48.6 Å². The van der Waals surface area contributed by atoms with Crippen molar-refractivity contribution in [2.75, 3.05) is 6.61 Å². The monoisotopic (exact) mass is 998 g/mol. The standard InChI is InChI=1S/C65H123NO5/c1-3-5-7-9-11-13-15-17-19-21-23-25-27-29-30-31-32-33-34-35-37-38-40-42-44-46-48-50-52-54-56-58-62(68)64(70)61(60-67)66-65(71)63(69)59-57-55-53-51-49-47-45-43-41-39-36-28-26-24-22-20-18-16-14-12-10-8-6-4-2/h24,26,36,39,42,44,50,52,61-64,67-70H,3-23,25,27-35,37-38,40-41,43,45-49,51,53-60H2,1-2H3,(H,66,71)/b26-24-,39-36-,44-42+,52-50+. The first kappa shape index (κ1) is 69.3. The number of allylic oxidation sites excluding steroid dienone is 8. The molecule has 4 unspecified atom stereocenters. The van der Waals surface area contributed by atoms with Gasteiger partial charge in [0.25, 0.3) is 0 Å². The van der Waals surface area contributed by atoms with Crippen molar-refractivity contribution in [1.82, 2.24) is 5.32 Å². The van der Waals surface area contributed by atoms with Crippen LogP contribution < -0.4 is 5.32 Å². The molecule has 0 aliphatic carbocycles. The minimum atomic E-state index is -1.30. The van der Waals surface area contributed by atoms with Gasteiger partial charge in [-0.2, -0.15) is 0 Å². The van der Waals surface area contributed by atoms with Gasteiger partial charge in [0, 0.05) is 0 Å². The highest BCUT2D eigenvalue weighted by Gasteiger charge is 2.28. The Bertz CT molecular complexity index is 1170. The van der Waals surface area contributed by atoms with Crippen LogP contribution in [0.1, 0.15) is 328 Å². The average molecular weight is 999 g/mol. The molecule has 4 atom stereocenters. The first-order valence-electron chi connectivity index (χ1n) is 31.5. The fraction of sp³-hybridized carbons (Fsp3) is 0.862. The fourth-order valence-corrected chi connectivity index (χ4v) is 9.81. The number of amides is 1. The van der Waals surface area contributed by atoms with Crippen LogP contribution in [0.3, 0.4) is 0 Å². The van der Waals surface area contributed by atoms with Crippen LogP contribution >= 0.6 is 0 Å². The molecule has 0 aliphatic rings. The molecule has 0 saturated heterocycles. The Morgan fingerprint density at radius 2 is 0.634 bits per heavy atom. The maximum Gasteiger partial charge on any atom is 0.249 e. The summed E-state index contributed by atoms with van der Waals surface area (Å²) in [5.41, 5.74) is 0. The molecule has 1 amide bonds. The molecule has 0 bridgehead atoms. The third-order valence-corrected chi connectivity index (χ3v) is 14.7. The van der Waals surface area contributed by atoms with E-state index < -0.39 is 36.9 Å². The van der Waals surface area contributed by atoms with Crippen LogP contribution in [0.25, 0.3) is 0 Å². The molecule has 0 aromatic rings. The average Bonchev–Trinajstić information content (AvgIpc) is 3.38. The van der Waals surface area contributed by atoms with Gasteiger partial charge in [-0.3, -0.25) is 4.79 Å². The molecule has 71 heavy (non-hydrogen) atoms. The summed E-state index contributed by atoms with van der Waals surface area (Å²) >= 11 is 0. The Morgan fingerprint density at radius 3 is 0.972 bits per heavy atom. The van der Waals surface area contributed by atoms with Crippen LogP contribution in [0.4, 0.5) is 0 Å². The summed E-state index contributed by atoms with van der Waals surface area (Å²) in [5.74, 6) is -0.600. The second kappa shape index (κ2) is 59.2. The van der Waals surface area contributed by atoms with Crippen LogP contribution in [-0.4, -0.2) is 57.3 Å². The number of aliphatic hydroxyl groups excluding tert-OH is 4. The second-order valence-electron chi connectivity index (χ2n) is 21.7. The van der Waals surface area contributed by atoms with E-state index in [0.29, 0.717) is 19.3 Å². The van der Waals surface area contributed by atoms with Crippen molar-refractivity contribution in [2.24, 2.45) is 0 Å². The molecule has 0 aliphatic heterocycles. The van der Waals surface area contributed by atoms with E-state index in [4.69, 9.17) is 0 Å². The predicted octanol–water partition coefficient (Wildman–Crippen LogP) is 18.9. The summed E-state index contributed by atoms with van der Waals surface area (Å²) in [6, 6.07) is -1.01. The van der Waals surface area contributed by atoms with Gasteiger partial charge < -0.3 is 25.7 Å². The SMILES string of the molecule is CCCCCCCCCCC/C=C\C/C=C\CCCCCCCCCCC(O)C(=O)NC(CO)C(O)C(O)CCC/C=C/CC/C=C/CCCCCCCCCCCCCCCCCCCCCCCC. The van der Waals surface area contributed by atoms with Crippen LogP contribution in [0.5, 0.6) is 0 Å². The number of rotatable bonds is 58. The Balaban J connectivity index is 3.66. The van der Waals surface area contributed by atoms with E-state index in [0.717, 1.165) is 51.4 Å². The van der Waals surface area contributed by atoms with Gasteiger partial charge in [-0.15, -0.1) is 0 Å². The Kier molecular flexibility index (Phi) is 57.7. The summed E-state index contributed by atoms with van der Waals surface area (Å²) in [7, 11) is 0. The summed E-state index contributed by atoms with van der Waals surface area (Å²) in [4.78, 5) is 12.6. The lowest BCUT2D eigenvalue weighted by Gasteiger charge is -2.27. The van der Waals surface area contributed by atoms with E-state index in [-0.39, 0.29) is 0 Å². The van der Waals surface area contributed by atoms with Crippen LogP contribution in [-0.2, 0) is 4.79 Å². The maximum atomic E-state index is 12.6.